The zero-order chi connectivity index (χ0) is 31.2. The van der Waals surface area contributed by atoms with Crippen molar-refractivity contribution in [3.8, 4) is 11.1 Å². The maximum Gasteiger partial charge on any atom is 0.120 e. The lowest BCUT2D eigenvalue weighted by molar-refractivity contribution is 0.304. The van der Waals surface area contributed by atoms with E-state index in [1.54, 1.807) is 0 Å². The average molecular weight is 601 g/mol. The van der Waals surface area contributed by atoms with E-state index in [0.29, 0.717) is 23.4 Å². The minimum Gasteiger partial charge on any atom is -0.383 e. The molecule has 1 heterocycles. The van der Waals surface area contributed by atoms with Crippen LogP contribution in [0.1, 0.15) is 89.8 Å². The van der Waals surface area contributed by atoms with Crippen LogP contribution in [-0.4, -0.2) is 25.5 Å². The van der Waals surface area contributed by atoms with Gasteiger partial charge in [0.05, 0.1) is 12.6 Å². The molecule has 1 unspecified atom stereocenters. The maximum absolute atomic E-state index is 6.28. The van der Waals surface area contributed by atoms with Gasteiger partial charge >= 0.3 is 0 Å². The number of amidine groups is 1. The van der Waals surface area contributed by atoms with E-state index in [2.05, 4.69) is 123 Å². The summed E-state index contributed by atoms with van der Waals surface area (Å²) in [5, 5.41) is 11.0. The van der Waals surface area contributed by atoms with Crippen molar-refractivity contribution in [3.05, 3.63) is 107 Å². The summed E-state index contributed by atoms with van der Waals surface area (Å²) in [4.78, 5) is 4.53. The van der Waals surface area contributed by atoms with Crippen LogP contribution >= 0.6 is 11.6 Å². The van der Waals surface area contributed by atoms with Crippen LogP contribution in [0.15, 0.2) is 101 Å². The molecule has 3 N–H and O–H groups in total. The van der Waals surface area contributed by atoms with Crippen LogP contribution in [0.4, 0.5) is 0 Å². The zero-order valence-electron chi connectivity index (χ0n) is 27.0. The van der Waals surface area contributed by atoms with Crippen LogP contribution in [0.5, 0.6) is 0 Å². The van der Waals surface area contributed by atoms with Gasteiger partial charge in [-0.15, -0.1) is 0 Å². The largest absolute Gasteiger partial charge is 0.383 e. The second kappa shape index (κ2) is 17.2. The van der Waals surface area contributed by atoms with Gasteiger partial charge in [0, 0.05) is 35.9 Å². The predicted octanol–water partition coefficient (Wildman–Crippen LogP) is 9.62. The summed E-state index contributed by atoms with van der Waals surface area (Å²) < 4.78 is 0. The smallest absolute Gasteiger partial charge is 0.120 e. The van der Waals surface area contributed by atoms with Crippen molar-refractivity contribution in [2.24, 2.45) is 10.4 Å². The molecule has 0 spiro atoms. The molecule has 0 saturated heterocycles. The number of aryl methyl sites for hydroxylation is 1. The molecule has 5 heteroatoms. The molecule has 4 nitrogen and oxygen atoms in total. The first-order valence-corrected chi connectivity index (χ1v) is 16.3. The molecular weight excluding hydrogens is 548 g/mol. The van der Waals surface area contributed by atoms with Crippen molar-refractivity contribution in [1.82, 2.24) is 16.0 Å². The summed E-state index contributed by atoms with van der Waals surface area (Å²) in [5.41, 5.74) is 8.68. The minimum absolute atomic E-state index is 0.00859. The molecule has 0 aliphatic carbocycles. The van der Waals surface area contributed by atoms with Crippen LogP contribution in [0.25, 0.3) is 11.1 Å². The van der Waals surface area contributed by atoms with Gasteiger partial charge in [0.1, 0.15) is 5.84 Å². The van der Waals surface area contributed by atoms with Crippen LogP contribution in [0, 0.1) is 5.41 Å². The van der Waals surface area contributed by atoms with Gasteiger partial charge in [0.2, 0.25) is 0 Å². The Bertz CT molecular complexity index is 1290. The third-order valence-corrected chi connectivity index (χ3v) is 8.23. The first kappa shape index (κ1) is 34.3. The Labute approximate surface area is 266 Å². The van der Waals surface area contributed by atoms with Gasteiger partial charge in [-0.05, 0) is 79.2 Å². The number of hydrogen-bond donors (Lipinski definition) is 3. The maximum atomic E-state index is 6.28. The zero-order valence-corrected chi connectivity index (χ0v) is 27.8. The second-order valence-corrected chi connectivity index (χ2v) is 13.3. The van der Waals surface area contributed by atoms with Crippen molar-refractivity contribution < 1.29 is 0 Å². The first-order valence-electron chi connectivity index (χ1n) is 15.9. The van der Waals surface area contributed by atoms with E-state index in [9.17, 15) is 0 Å². The highest BCUT2D eigenvalue weighted by Gasteiger charge is 2.17. The fourth-order valence-corrected chi connectivity index (χ4v) is 5.67. The van der Waals surface area contributed by atoms with Crippen molar-refractivity contribution in [3.63, 3.8) is 0 Å². The second-order valence-electron chi connectivity index (χ2n) is 12.8. The fraction of sp³-hybridized carbons (Fsp3) is 0.447. The Morgan fingerprint density at radius 3 is 2.49 bits per heavy atom. The van der Waals surface area contributed by atoms with E-state index in [-0.39, 0.29) is 6.04 Å². The van der Waals surface area contributed by atoms with Crippen molar-refractivity contribution in [2.75, 3.05) is 19.6 Å². The molecule has 1 aliphatic heterocycles. The predicted molar refractivity (Wildman–Crippen MR) is 189 cm³/mol. The summed E-state index contributed by atoms with van der Waals surface area (Å²) in [7, 11) is 0. The fourth-order valence-electron chi connectivity index (χ4n) is 5.52. The molecule has 232 valence electrons. The van der Waals surface area contributed by atoms with Gasteiger partial charge in [-0.25, -0.2) is 0 Å². The molecule has 0 radical (unpaired) electrons. The van der Waals surface area contributed by atoms with Gasteiger partial charge < -0.3 is 16.0 Å². The van der Waals surface area contributed by atoms with Gasteiger partial charge in [-0.3, -0.25) is 4.99 Å². The lowest BCUT2D eigenvalue weighted by Crippen LogP contribution is -2.28. The number of benzene rings is 2. The van der Waals surface area contributed by atoms with E-state index in [0.717, 1.165) is 61.6 Å². The Morgan fingerprint density at radius 2 is 1.79 bits per heavy atom. The SMILES string of the molecule is C=C(Cl)CC(NC(=C)CNC(=C)CCCNC1=NCCC(C)=C1)c1ccc(-c2cccc(CCC(C)(C)CCC)c2)cc1. The molecule has 3 rings (SSSR count). The van der Waals surface area contributed by atoms with Crippen LogP contribution < -0.4 is 16.0 Å². The van der Waals surface area contributed by atoms with Gasteiger partial charge in [-0.1, -0.05) is 113 Å². The Hall–Kier alpha value is -3.24. The number of nitrogens with one attached hydrogen (secondary N) is 3. The molecule has 1 atom stereocenters. The molecule has 2 aromatic rings. The van der Waals surface area contributed by atoms with Crippen molar-refractivity contribution >= 4 is 17.4 Å². The molecule has 43 heavy (non-hydrogen) atoms. The monoisotopic (exact) mass is 600 g/mol. The lowest BCUT2D eigenvalue weighted by atomic mass is 9.82. The Morgan fingerprint density at radius 1 is 1.02 bits per heavy atom. The number of nitrogens with zero attached hydrogens (tertiary/aromatic N) is 1. The van der Waals surface area contributed by atoms with E-state index >= 15 is 0 Å². The van der Waals surface area contributed by atoms with E-state index in [4.69, 9.17) is 11.6 Å². The molecule has 1 aliphatic rings. The number of dihydropyridines is 1. The van der Waals surface area contributed by atoms with Crippen LogP contribution in [0.2, 0.25) is 0 Å². The summed E-state index contributed by atoms with van der Waals surface area (Å²) in [6.45, 7) is 24.0. The quantitative estimate of drug-likeness (QED) is 0.149. The first-order chi connectivity index (χ1) is 20.5. The summed E-state index contributed by atoms with van der Waals surface area (Å²) in [5.74, 6) is 0.996. The number of rotatable bonds is 18. The lowest BCUT2D eigenvalue weighted by Gasteiger charge is -2.24. The molecule has 0 saturated carbocycles. The number of hydrogen-bond acceptors (Lipinski definition) is 4. The van der Waals surface area contributed by atoms with Gasteiger partial charge in [0.15, 0.2) is 0 Å². The molecular formula is C38H53ClN4. The van der Waals surface area contributed by atoms with Crippen molar-refractivity contribution in [2.45, 2.75) is 85.1 Å². The third-order valence-electron chi connectivity index (χ3n) is 8.08. The summed E-state index contributed by atoms with van der Waals surface area (Å²) in [6.07, 6.45) is 10.5. The highest BCUT2D eigenvalue weighted by Crippen LogP contribution is 2.30. The average Bonchev–Trinajstić information content (AvgIpc) is 2.97. The number of halogens is 1. The Balaban J connectivity index is 1.50. The molecule has 0 aromatic heterocycles. The number of allylic oxidation sites excluding steroid dienone is 1. The van der Waals surface area contributed by atoms with Gasteiger partial charge in [0.25, 0.3) is 0 Å². The van der Waals surface area contributed by atoms with Gasteiger partial charge in [-0.2, -0.15) is 0 Å². The Kier molecular flexibility index (Phi) is 13.7. The van der Waals surface area contributed by atoms with E-state index < -0.39 is 0 Å². The molecule has 2 aromatic carbocycles. The van der Waals surface area contributed by atoms with E-state index in [1.807, 2.05) is 0 Å². The van der Waals surface area contributed by atoms with Crippen molar-refractivity contribution in [1.29, 1.82) is 0 Å². The summed E-state index contributed by atoms with van der Waals surface area (Å²) >= 11 is 6.28. The van der Waals surface area contributed by atoms with Crippen LogP contribution in [-0.2, 0) is 6.42 Å². The molecule has 0 fully saturated rings. The number of aliphatic imine (C=N–C) groups is 1. The van der Waals surface area contributed by atoms with Crippen LogP contribution in [0.3, 0.4) is 0 Å². The summed E-state index contributed by atoms with van der Waals surface area (Å²) in [6, 6.07) is 17.7. The normalized spacial score (nSPS) is 13.9. The molecule has 0 bridgehead atoms. The standard InChI is InChI=1S/C38H53ClN4/c1-8-20-38(6,7)21-18-32-12-9-13-35(26-32)33-14-16-34(17-15-33)36(25-29(3)39)43-31(5)27-42-30(4)11-10-22-40-37-24-28(2)19-23-41-37/h9,12-17,24,26,36,42-43H,3-5,8,10-11,18-23,25,27H2,1-2,6-7H3,(H,40,41). The molecule has 0 amide bonds. The third kappa shape index (κ3) is 12.5. The topological polar surface area (TPSA) is 48.4 Å². The highest BCUT2D eigenvalue weighted by atomic mass is 35.5. The minimum atomic E-state index is -0.00859. The highest BCUT2D eigenvalue weighted by molar-refractivity contribution is 6.29. The van der Waals surface area contributed by atoms with E-state index in [1.165, 1.54) is 41.5 Å².